The number of ether oxygens (including phenoxy) is 1. The molecule has 2 unspecified atom stereocenters. The molecule has 0 heterocycles. The van der Waals surface area contributed by atoms with Gasteiger partial charge in [-0.3, -0.25) is 0 Å². The van der Waals surface area contributed by atoms with E-state index in [-0.39, 0.29) is 18.7 Å². The van der Waals surface area contributed by atoms with Crippen LogP contribution in [0.4, 0.5) is 4.79 Å². The van der Waals surface area contributed by atoms with E-state index in [9.17, 15) is 9.90 Å². The van der Waals surface area contributed by atoms with Gasteiger partial charge in [0.05, 0.1) is 18.8 Å². The fourth-order valence-corrected chi connectivity index (χ4v) is 2.87. The minimum absolute atomic E-state index is 0.00241. The van der Waals surface area contributed by atoms with Crippen LogP contribution >= 0.6 is 11.6 Å². The highest BCUT2D eigenvalue weighted by molar-refractivity contribution is 6.31. The van der Waals surface area contributed by atoms with Crippen LogP contribution in [0.3, 0.4) is 0 Å². The minimum atomic E-state index is -0.554. The third-order valence-electron chi connectivity index (χ3n) is 3.64. The molecule has 6 heteroatoms. The molecule has 0 aromatic heterocycles. The molecule has 1 aliphatic rings. The van der Waals surface area contributed by atoms with Crippen molar-refractivity contribution in [2.75, 3.05) is 20.3 Å². The van der Waals surface area contributed by atoms with Gasteiger partial charge in [0.2, 0.25) is 0 Å². The first-order valence-corrected chi connectivity index (χ1v) is 7.48. The van der Waals surface area contributed by atoms with Crippen molar-refractivity contribution in [3.05, 3.63) is 34.3 Å². The Morgan fingerprint density at radius 2 is 2.38 bits per heavy atom. The van der Waals surface area contributed by atoms with Crippen molar-refractivity contribution in [1.82, 2.24) is 10.6 Å². The topological polar surface area (TPSA) is 70.6 Å². The SMILES string of the molecule is COCC(O)CCNC(=O)NC1CCc2c(Cl)cccc21. The number of hydrogen-bond acceptors (Lipinski definition) is 3. The summed E-state index contributed by atoms with van der Waals surface area (Å²) >= 11 is 6.15. The molecule has 0 saturated carbocycles. The first kappa shape index (κ1) is 16.1. The zero-order chi connectivity index (χ0) is 15.2. The van der Waals surface area contributed by atoms with Crippen molar-refractivity contribution in [3.8, 4) is 0 Å². The molecule has 1 aromatic carbocycles. The molecule has 0 aliphatic heterocycles. The van der Waals surface area contributed by atoms with E-state index in [0.717, 1.165) is 29.0 Å². The lowest BCUT2D eigenvalue weighted by Gasteiger charge is -2.16. The maximum atomic E-state index is 11.9. The fourth-order valence-electron chi connectivity index (χ4n) is 2.60. The molecule has 1 aliphatic carbocycles. The normalized spacial score (nSPS) is 18.1. The van der Waals surface area contributed by atoms with Crippen molar-refractivity contribution in [2.24, 2.45) is 0 Å². The first-order valence-electron chi connectivity index (χ1n) is 7.10. The lowest BCUT2D eigenvalue weighted by Crippen LogP contribution is -2.38. The van der Waals surface area contributed by atoms with Crippen LogP contribution in [-0.4, -0.2) is 37.5 Å². The summed E-state index contributed by atoms with van der Waals surface area (Å²) in [6.45, 7) is 0.684. The molecule has 0 radical (unpaired) electrons. The van der Waals surface area contributed by atoms with E-state index in [4.69, 9.17) is 16.3 Å². The highest BCUT2D eigenvalue weighted by Gasteiger charge is 2.25. The third-order valence-corrected chi connectivity index (χ3v) is 4.00. The number of carbonyl (C=O) groups is 1. The summed E-state index contributed by atoms with van der Waals surface area (Å²) in [5, 5.41) is 16.0. The first-order chi connectivity index (χ1) is 10.1. The maximum Gasteiger partial charge on any atom is 0.315 e. The van der Waals surface area contributed by atoms with Crippen LogP contribution in [0.5, 0.6) is 0 Å². The number of halogens is 1. The number of rotatable bonds is 6. The second-order valence-corrected chi connectivity index (χ2v) is 5.60. The number of hydrogen-bond donors (Lipinski definition) is 3. The van der Waals surface area contributed by atoms with Gasteiger partial charge in [-0.05, 0) is 36.5 Å². The van der Waals surface area contributed by atoms with Gasteiger partial charge in [-0.15, -0.1) is 0 Å². The van der Waals surface area contributed by atoms with E-state index in [1.165, 1.54) is 7.11 Å². The second-order valence-electron chi connectivity index (χ2n) is 5.20. The van der Waals surface area contributed by atoms with E-state index in [1.807, 2.05) is 18.2 Å². The van der Waals surface area contributed by atoms with E-state index < -0.39 is 6.10 Å². The van der Waals surface area contributed by atoms with Crippen molar-refractivity contribution >= 4 is 17.6 Å². The number of carbonyl (C=O) groups excluding carboxylic acids is 1. The summed E-state index contributed by atoms with van der Waals surface area (Å²) in [6, 6.07) is 5.56. The number of aliphatic hydroxyl groups excluding tert-OH is 1. The third kappa shape index (κ3) is 4.33. The zero-order valence-electron chi connectivity index (χ0n) is 12.1. The molecule has 1 aromatic rings. The number of methoxy groups -OCH3 is 1. The molecule has 116 valence electrons. The van der Waals surface area contributed by atoms with Crippen LogP contribution in [0.15, 0.2) is 18.2 Å². The minimum Gasteiger partial charge on any atom is -0.391 e. The number of aliphatic hydroxyl groups is 1. The smallest absolute Gasteiger partial charge is 0.315 e. The molecule has 21 heavy (non-hydrogen) atoms. The summed E-state index contributed by atoms with van der Waals surface area (Å²) in [5.74, 6) is 0. The molecular weight excluding hydrogens is 292 g/mol. The van der Waals surface area contributed by atoms with Crippen molar-refractivity contribution in [1.29, 1.82) is 0 Å². The molecule has 0 saturated heterocycles. The molecule has 0 fully saturated rings. The Balaban J connectivity index is 1.79. The van der Waals surface area contributed by atoms with Crippen molar-refractivity contribution < 1.29 is 14.6 Å². The number of nitrogens with one attached hydrogen (secondary N) is 2. The Morgan fingerprint density at radius 3 is 3.14 bits per heavy atom. The quantitative estimate of drug-likeness (QED) is 0.752. The summed E-state index contributed by atoms with van der Waals surface area (Å²) in [7, 11) is 1.53. The summed E-state index contributed by atoms with van der Waals surface area (Å²) in [5.41, 5.74) is 2.22. The van der Waals surface area contributed by atoms with Gasteiger partial charge in [0, 0.05) is 18.7 Å². The van der Waals surface area contributed by atoms with E-state index in [1.54, 1.807) is 0 Å². The summed E-state index contributed by atoms with van der Waals surface area (Å²) < 4.78 is 4.83. The van der Waals surface area contributed by atoms with Crippen molar-refractivity contribution in [2.45, 2.75) is 31.4 Å². The Hall–Kier alpha value is -1.30. The van der Waals surface area contributed by atoms with Crippen LogP contribution in [0.25, 0.3) is 0 Å². The largest absolute Gasteiger partial charge is 0.391 e. The standard InChI is InChI=1S/C15H21ClN2O3/c1-21-9-10(19)7-8-17-15(20)18-14-6-5-11-12(14)3-2-4-13(11)16/h2-4,10,14,19H,5-9H2,1H3,(H2,17,18,20). The molecule has 3 N–H and O–H groups in total. The molecular formula is C15H21ClN2O3. The monoisotopic (exact) mass is 312 g/mol. The van der Waals surface area contributed by atoms with E-state index in [2.05, 4.69) is 10.6 Å². The highest BCUT2D eigenvalue weighted by atomic mass is 35.5. The lowest BCUT2D eigenvalue weighted by molar-refractivity contribution is 0.0598. The number of urea groups is 1. The molecule has 0 spiro atoms. The number of benzene rings is 1. The Kier molecular flexibility index (Phi) is 5.85. The maximum absolute atomic E-state index is 11.9. The molecule has 2 atom stereocenters. The van der Waals surface area contributed by atoms with Gasteiger partial charge in [-0.25, -0.2) is 4.79 Å². The van der Waals surface area contributed by atoms with Crippen LogP contribution in [0, 0.1) is 0 Å². The van der Waals surface area contributed by atoms with Crippen LogP contribution in [0.1, 0.15) is 30.0 Å². The Labute approximate surface area is 129 Å². The molecule has 5 nitrogen and oxygen atoms in total. The Morgan fingerprint density at radius 1 is 1.57 bits per heavy atom. The van der Waals surface area contributed by atoms with E-state index in [0.29, 0.717) is 13.0 Å². The number of fused-ring (bicyclic) bond motifs is 1. The number of amides is 2. The summed E-state index contributed by atoms with van der Waals surface area (Å²) in [4.78, 5) is 11.9. The predicted molar refractivity (Wildman–Crippen MR) is 81.5 cm³/mol. The van der Waals surface area contributed by atoms with Crippen molar-refractivity contribution in [3.63, 3.8) is 0 Å². The van der Waals surface area contributed by atoms with Gasteiger partial charge in [-0.1, -0.05) is 23.7 Å². The second kappa shape index (κ2) is 7.64. The average Bonchev–Trinajstić information content (AvgIpc) is 2.84. The van der Waals surface area contributed by atoms with Gasteiger partial charge in [0.25, 0.3) is 0 Å². The van der Waals surface area contributed by atoms with Gasteiger partial charge < -0.3 is 20.5 Å². The zero-order valence-corrected chi connectivity index (χ0v) is 12.8. The van der Waals surface area contributed by atoms with Gasteiger partial charge in [0.1, 0.15) is 0 Å². The van der Waals surface area contributed by atoms with E-state index >= 15 is 0 Å². The van der Waals surface area contributed by atoms with Gasteiger partial charge in [-0.2, -0.15) is 0 Å². The van der Waals surface area contributed by atoms with Crippen LogP contribution in [0.2, 0.25) is 5.02 Å². The van der Waals surface area contributed by atoms with Gasteiger partial charge in [0.15, 0.2) is 0 Å². The molecule has 0 bridgehead atoms. The van der Waals surface area contributed by atoms with Gasteiger partial charge >= 0.3 is 6.03 Å². The van der Waals surface area contributed by atoms with Crippen LogP contribution < -0.4 is 10.6 Å². The molecule has 2 rings (SSSR count). The summed E-state index contributed by atoms with van der Waals surface area (Å²) in [6.07, 6.45) is 1.65. The van der Waals surface area contributed by atoms with Crippen LogP contribution in [-0.2, 0) is 11.2 Å². The fraction of sp³-hybridized carbons (Fsp3) is 0.533. The lowest BCUT2D eigenvalue weighted by atomic mass is 10.1. The molecule has 2 amide bonds. The average molecular weight is 313 g/mol. The predicted octanol–water partition coefficient (Wildman–Crippen LogP) is 2.02. The highest BCUT2D eigenvalue weighted by Crippen LogP contribution is 2.35. The Bertz CT molecular complexity index is 496.